The van der Waals surface area contributed by atoms with Crippen LogP contribution in [0.2, 0.25) is 0 Å². The van der Waals surface area contributed by atoms with Gasteiger partial charge in [-0.05, 0) is 32.0 Å². The lowest BCUT2D eigenvalue weighted by Gasteiger charge is -2.15. The van der Waals surface area contributed by atoms with Crippen LogP contribution in [0.25, 0.3) is 21.9 Å². The highest BCUT2D eigenvalue weighted by atomic mass is 16.5. The van der Waals surface area contributed by atoms with Crippen LogP contribution in [-0.2, 0) is 0 Å². The predicted octanol–water partition coefficient (Wildman–Crippen LogP) is 2.77. The number of ether oxygens (including phenoxy) is 1. The normalized spacial score (nSPS) is 11.0. The monoisotopic (exact) mass is 342 g/mol. The molecular weight excluding hydrogens is 328 g/mol. The fourth-order valence-electron chi connectivity index (χ4n) is 2.89. The maximum Gasteiger partial charge on any atom is 0.204 e. The third-order valence-corrected chi connectivity index (χ3v) is 3.94. The lowest BCUT2D eigenvalue weighted by molar-refractivity contribution is 0.101. The van der Waals surface area contributed by atoms with Crippen LogP contribution < -0.4 is 10.2 Å². The largest absolute Gasteiger partial charge is 0.508 e. The number of ketones is 2. The summed E-state index contributed by atoms with van der Waals surface area (Å²) in [7, 11) is 1.25. The van der Waals surface area contributed by atoms with Crippen LogP contribution >= 0.6 is 0 Å². The molecule has 0 aliphatic rings. The molecule has 25 heavy (non-hydrogen) atoms. The van der Waals surface area contributed by atoms with Gasteiger partial charge < -0.3 is 19.4 Å². The van der Waals surface area contributed by atoms with Crippen molar-refractivity contribution in [2.24, 2.45) is 0 Å². The molecule has 0 bridgehead atoms. The summed E-state index contributed by atoms with van der Waals surface area (Å²) in [6, 6.07) is 3.88. The maximum absolute atomic E-state index is 12.8. The van der Waals surface area contributed by atoms with E-state index < -0.39 is 22.7 Å². The minimum atomic E-state index is -0.669. The van der Waals surface area contributed by atoms with Crippen LogP contribution in [0.4, 0.5) is 0 Å². The Bertz CT molecular complexity index is 1120. The number of rotatable bonds is 3. The molecule has 7 nitrogen and oxygen atoms in total. The van der Waals surface area contributed by atoms with E-state index in [0.29, 0.717) is 0 Å². The Kier molecular flexibility index (Phi) is 3.71. The van der Waals surface area contributed by atoms with E-state index in [2.05, 4.69) is 0 Å². The van der Waals surface area contributed by atoms with Gasteiger partial charge in [0.25, 0.3) is 0 Å². The summed E-state index contributed by atoms with van der Waals surface area (Å²) >= 11 is 0. The first-order valence-electron chi connectivity index (χ1n) is 7.32. The Morgan fingerprint density at radius 2 is 1.72 bits per heavy atom. The molecule has 0 saturated carbocycles. The highest BCUT2D eigenvalue weighted by molar-refractivity contribution is 6.16. The van der Waals surface area contributed by atoms with Gasteiger partial charge in [-0.3, -0.25) is 14.4 Å². The molecule has 0 fully saturated rings. The number of Topliss-reactive ketones (excluding diaryl/α,β-unsaturated/α-hetero) is 2. The van der Waals surface area contributed by atoms with Crippen molar-refractivity contribution in [3.8, 4) is 17.2 Å². The zero-order chi connectivity index (χ0) is 18.5. The Morgan fingerprint density at radius 3 is 2.28 bits per heavy atom. The van der Waals surface area contributed by atoms with Gasteiger partial charge in [0.15, 0.2) is 17.1 Å². The van der Waals surface area contributed by atoms with Crippen molar-refractivity contribution in [1.29, 1.82) is 0 Å². The zero-order valence-electron chi connectivity index (χ0n) is 13.7. The van der Waals surface area contributed by atoms with Gasteiger partial charge in [0.1, 0.15) is 39.3 Å². The number of fused-ring (bicyclic) bond motifs is 2. The van der Waals surface area contributed by atoms with Crippen molar-refractivity contribution in [3.05, 3.63) is 39.5 Å². The van der Waals surface area contributed by atoms with Crippen molar-refractivity contribution in [2.75, 3.05) is 7.11 Å². The molecule has 1 aromatic heterocycles. The fraction of sp³-hybridized carbons (Fsp3) is 0.167. The molecule has 0 saturated heterocycles. The van der Waals surface area contributed by atoms with Gasteiger partial charge in [-0.1, -0.05) is 0 Å². The lowest BCUT2D eigenvalue weighted by Crippen LogP contribution is -2.11. The average Bonchev–Trinajstić information content (AvgIpc) is 2.54. The summed E-state index contributed by atoms with van der Waals surface area (Å²) in [5.74, 6) is -2.00. The molecule has 0 radical (unpaired) electrons. The van der Waals surface area contributed by atoms with E-state index >= 15 is 0 Å². The summed E-state index contributed by atoms with van der Waals surface area (Å²) in [6.07, 6.45) is 0. The number of hydrogen-bond donors (Lipinski definition) is 2. The second kappa shape index (κ2) is 5.62. The quantitative estimate of drug-likeness (QED) is 0.555. The third kappa shape index (κ3) is 2.32. The van der Waals surface area contributed by atoms with Gasteiger partial charge >= 0.3 is 0 Å². The minimum absolute atomic E-state index is 0.0111. The molecule has 2 N–H and O–H groups in total. The van der Waals surface area contributed by atoms with Gasteiger partial charge in [-0.25, -0.2) is 0 Å². The number of phenolic OH excluding ortho intramolecular Hbond substituents is 2. The molecule has 0 spiro atoms. The Balaban J connectivity index is 2.71. The lowest BCUT2D eigenvalue weighted by atomic mass is 9.97. The molecule has 0 unspecified atom stereocenters. The summed E-state index contributed by atoms with van der Waals surface area (Å²) in [4.78, 5) is 36.9. The third-order valence-electron chi connectivity index (χ3n) is 3.94. The average molecular weight is 342 g/mol. The first-order chi connectivity index (χ1) is 11.8. The van der Waals surface area contributed by atoms with Gasteiger partial charge in [0.2, 0.25) is 5.43 Å². The van der Waals surface area contributed by atoms with E-state index in [1.807, 2.05) is 0 Å². The van der Waals surface area contributed by atoms with Crippen molar-refractivity contribution >= 4 is 33.5 Å². The Morgan fingerprint density at radius 1 is 1.08 bits per heavy atom. The summed E-state index contributed by atoms with van der Waals surface area (Å²) in [5.41, 5.74) is -1.10. The van der Waals surface area contributed by atoms with Gasteiger partial charge in [0, 0.05) is 0 Å². The second-order valence-corrected chi connectivity index (χ2v) is 5.56. The van der Waals surface area contributed by atoms with E-state index in [1.165, 1.54) is 39.2 Å². The topological polar surface area (TPSA) is 114 Å². The van der Waals surface area contributed by atoms with Gasteiger partial charge in [0.05, 0.1) is 12.5 Å². The number of benzene rings is 2. The summed E-state index contributed by atoms with van der Waals surface area (Å²) in [5, 5.41) is 19.8. The summed E-state index contributed by atoms with van der Waals surface area (Å²) < 4.78 is 10.8. The molecule has 2 aromatic carbocycles. The second-order valence-electron chi connectivity index (χ2n) is 5.56. The zero-order valence-corrected chi connectivity index (χ0v) is 13.7. The first-order valence-corrected chi connectivity index (χ1v) is 7.32. The molecule has 0 aliphatic carbocycles. The number of carbonyl (C=O) groups excluding carboxylic acids is 2. The van der Waals surface area contributed by atoms with Crippen LogP contribution in [0, 0.1) is 0 Å². The van der Waals surface area contributed by atoms with Crippen LogP contribution in [-0.4, -0.2) is 28.9 Å². The Hall–Kier alpha value is -3.35. The molecule has 3 rings (SSSR count). The number of hydrogen-bond acceptors (Lipinski definition) is 7. The highest BCUT2D eigenvalue weighted by Crippen LogP contribution is 2.40. The van der Waals surface area contributed by atoms with Crippen LogP contribution in [0.1, 0.15) is 34.6 Å². The molecule has 0 aliphatic heterocycles. The number of aromatic hydroxyl groups is 2. The van der Waals surface area contributed by atoms with E-state index in [-0.39, 0.29) is 44.6 Å². The van der Waals surface area contributed by atoms with E-state index in [9.17, 15) is 24.6 Å². The molecule has 0 atom stereocenters. The number of phenols is 2. The summed E-state index contributed by atoms with van der Waals surface area (Å²) in [6.45, 7) is 2.42. The van der Waals surface area contributed by atoms with Gasteiger partial charge in [-0.2, -0.15) is 0 Å². The van der Waals surface area contributed by atoms with Crippen molar-refractivity contribution in [3.63, 3.8) is 0 Å². The fourth-order valence-corrected chi connectivity index (χ4v) is 2.89. The van der Waals surface area contributed by atoms with Crippen molar-refractivity contribution in [1.82, 2.24) is 0 Å². The standard InChI is InChI=1S/C18H14O7/c1-7(19)12-16(23)14-15(22)10-6-9(21)4-5-11(10)25-18(14)13(8(2)20)17(12)24-3/h4-6,21,23H,1-3H3. The number of carbonyl (C=O) groups is 2. The molecule has 0 amide bonds. The molecule has 128 valence electrons. The Labute approximate surface area is 141 Å². The SMILES string of the molecule is COc1c(C(C)=O)c(O)c2c(=O)c3cc(O)ccc3oc2c1C(C)=O. The van der Waals surface area contributed by atoms with E-state index in [4.69, 9.17) is 9.15 Å². The molecule has 7 heteroatoms. The minimum Gasteiger partial charge on any atom is -0.508 e. The van der Waals surface area contributed by atoms with Crippen molar-refractivity contribution in [2.45, 2.75) is 13.8 Å². The van der Waals surface area contributed by atoms with Crippen molar-refractivity contribution < 1.29 is 29.0 Å². The first kappa shape index (κ1) is 16.5. The maximum atomic E-state index is 12.8. The molecule has 1 heterocycles. The van der Waals surface area contributed by atoms with E-state index in [1.54, 1.807) is 0 Å². The number of methoxy groups -OCH3 is 1. The predicted molar refractivity (Wildman–Crippen MR) is 89.9 cm³/mol. The van der Waals surface area contributed by atoms with E-state index in [0.717, 1.165) is 0 Å². The van der Waals surface area contributed by atoms with Gasteiger partial charge in [-0.15, -0.1) is 0 Å². The highest BCUT2D eigenvalue weighted by Gasteiger charge is 2.29. The smallest absolute Gasteiger partial charge is 0.204 e. The van der Waals surface area contributed by atoms with Crippen LogP contribution in [0.3, 0.4) is 0 Å². The van der Waals surface area contributed by atoms with Crippen LogP contribution in [0.5, 0.6) is 17.2 Å². The molecule has 3 aromatic rings. The molecular formula is C18H14O7. The van der Waals surface area contributed by atoms with Crippen LogP contribution in [0.15, 0.2) is 27.4 Å².